The first-order chi connectivity index (χ1) is 14.4. The second-order valence-electron chi connectivity index (χ2n) is 6.40. The van der Waals surface area contributed by atoms with Crippen molar-refractivity contribution in [3.8, 4) is 5.69 Å². The molecule has 0 bridgehead atoms. The molecular formula is C22H13ClIN3O3. The summed E-state index contributed by atoms with van der Waals surface area (Å²) < 4.78 is 2.35. The number of hydrogen-bond donors (Lipinski definition) is 0. The van der Waals surface area contributed by atoms with Crippen molar-refractivity contribution in [2.75, 3.05) is 0 Å². The average Bonchev–Trinajstić information content (AvgIpc) is 2.74. The molecule has 0 atom stereocenters. The fourth-order valence-electron chi connectivity index (χ4n) is 3.03. The van der Waals surface area contributed by atoms with Crippen LogP contribution >= 0.6 is 34.2 Å². The summed E-state index contributed by atoms with van der Waals surface area (Å²) in [6, 6.07) is 18.6. The molecule has 0 spiro atoms. The molecule has 0 N–H and O–H groups in total. The van der Waals surface area contributed by atoms with Crippen LogP contribution in [0.15, 0.2) is 71.5 Å². The summed E-state index contributed by atoms with van der Waals surface area (Å²) in [6.07, 6.45) is 3.49. The van der Waals surface area contributed by atoms with Crippen LogP contribution < -0.4 is 5.56 Å². The number of nitro groups is 1. The zero-order chi connectivity index (χ0) is 21.3. The quantitative estimate of drug-likeness (QED) is 0.192. The third-order valence-corrected chi connectivity index (χ3v) is 5.51. The van der Waals surface area contributed by atoms with E-state index in [1.165, 1.54) is 28.8 Å². The van der Waals surface area contributed by atoms with Crippen molar-refractivity contribution < 1.29 is 4.92 Å². The number of nitro benzene ring substituents is 1. The maximum absolute atomic E-state index is 13.3. The number of aromatic nitrogens is 2. The van der Waals surface area contributed by atoms with E-state index in [0.717, 1.165) is 9.13 Å². The van der Waals surface area contributed by atoms with Crippen molar-refractivity contribution in [3.63, 3.8) is 0 Å². The lowest BCUT2D eigenvalue weighted by molar-refractivity contribution is -0.384. The summed E-state index contributed by atoms with van der Waals surface area (Å²) >= 11 is 8.37. The van der Waals surface area contributed by atoms with Crippen molar-refractivity contribution in [1.29, 1.82) is 0 Å². The number of benzene rings is 3. The Hall–Kier alpha value is -3.04. The average molecular weight is 530 g/mol. The molecule has 1 heterocycles. The largest absolute Gasteiger partial charge is 0.269 e. The number of halogens is 2. The molecule has 1 aromatic heterocycles. The molecule has 0 unspecified atom stereocenters. The van der Waals surface area contributed by atoms with Gasteiger partial charge in [-0.15, -0.1) is 0 Å². The summed E-state index contributed by atoms with van der Waals surface area (Å²) in [7, 11) is 0. The second-order valence-corrected chi connectivity index (χ2v) is 8.05. The number of rotatable bonds is 4. The molecule has 0 radical (unpaired) electrons. The predicted molar refractivity (Wildman–Crippen MR) is 127 cm³/mol. The summed E-state index contributed by atoms with van der Waals surface area (Å²) in [5.74, 6) is 0.391. The van der Waals surface area contributed by atoms with Gasteiger partial charge in [0, 0.05) is 20.7 Å². The van der Waals surface area contributed by atoms with Gasteiger partial charge in [-0.3, -0.25) is 19.5 Å². The Morgan fingerprint density at radius 1 is 1.03 bits per heavy atom. The fourth-order valence-corrected chi connectivity index (χ4v) is 3.72. The highest BCUT2D eigenvalue weighted by molar-refractivity contribution is 14.1. The normalized spacial score (nSPS) is 11.3. The number of fused-ring (bicyclic) bond motifs is 1. The van der Waals surface area contributed by atoms with Gasteiger partial charge in [0.05, 0.1) is 21.5 Å². The second kappa shape index (κ2) is 8.37. The van der Waals surface area contributed by atoms with E-state index >= 15 is 0 Å². The minimum Gasteiger partial charge on any atom is -0.268 e. The predicted octanol–water partition coefficient (Wildman–Crippen LogP) is 5.72. The standard InChI is InChI=1S/C22H13ClIN3O3/c23-19-4-2-1-3-14(19)5-12-21-25-20-11-6-15(24)13-18(20)22(28)26(21)16-7-9-17(10-8-16)27(29)30/h1-13H/b12-5+. The van der Waals surface area contributed by atoms with Crippen LogP contribution in [0.3, 0.4) is 0 Å². The minimum atomic E-state index is -0.480. The van der Waals surface area contributed by atoms with Crippen LogP contribution in [0.5, 0.6) is 0 Å². The smallest absolute Gasteiger partial charge is 0.268 e. The van der Waals surface area contributed by atoms with Crippen LogP contribution in [0.2, 0.25) is 5.02 Å². The molecule has 0 aliphatic heterocycles. The van der Waals surface area contributed by atoms with E-state index in [0.29, 0.717) is 27.4 Å². The van der Waals surface area contributed by atoms with Gasteiger partial charge in [0.1, 0.15) is 5.82 Å². The van der Waals surface area contributed by atoms with E-state index in [4.69, 9.17) is 11.6 Å². The van der Waals surface area contributed by atoms with E-state index in [9.17, 15) is 14.9 Å². The third kappa shape index (κ3) is 3.99. The summed E-state index contributed by atoms with van der Waals surface area (Å²) in [6.45, 7) is 0. The minimum absolute atomic E-state index is 0.0525. The fraction of sp³-hybridized carbons (Fsp3) is 0. The van der Waals surface area contributed by atoms with Crippen LogP contribution in [0, 0.1) is 13.7 Å². The molecule has 4 rings (SSSR count). The van der Waals surface area contributed by atoms with E-state index in [1.807, 2.05) is 24.3 Å². The van der Waals surface area contributed by atoms with Crippen molar-refractivity contribution in [2.45, 2.75) is 0 Å². The monoisotopic (exact) mass is 529 g/mol. The van der Waals surface area contributed by atoms with Gasteiger partial charge in [0.2, 0.25) is 0 Å². The molecule has 0 saturated heterocycles. The number of nitrogens with zero attached hydrogens (tertiary/aromatic N) is 3. The van der Waals surface area contributed by atoms with Gasteiger partial charge in [-0.2, -0.15) is 0 Å². The van der Waals surface area contributed by atoms with Gasteiger partial charge in [-0.1, -0.05) is 29.8 Å². The molecule has 4 aromatic rings. The lowest BCUT2D eigenvalue weighted by Crippen LogP contribution is -2.22. The van der Waals surface area contributed by atoms with Gasteiger partial charge in [0.25, 0.3) is 11.2 Å². The highest BCUT2D eigenvalue weighted by atomic mass is 127. The Bertz CT molecular complexity index is 1360. The van der Waals surface area contributed by atoms with Gasteiger partial charge in [-0.25, -0.2) is 4.98 Å². The summed E-state index contributed by atoms with van der Waals surface area (Å²) in [5.41, 5.74) is 1.52. The van der Waals surface area contributed by atoms with Crippen LogP contribution in [-0.2, 0) is 0 Å². The van der Waals surface area contributed by atoms with Crippen LogP contribution in [0.25, 0.3) is 28.7 Å². The summed E-state index contributed by atoms with van der Waals surface area (Å²) in [4.78, 5) is 28.5. The molecule has 0 amide bonds. The lowest BCUT2D eigenvalue weighted by atomic mass is 10.2. The third-order valence-electron chi connectivity index (χ3n) is 4.49. The van der Waals surface area contributed by atoms with Gasteiger partial charge in [0.15, 0.2) is 0 Å². The molecule has 0 saturated carbocycles. The SMILES string of the molecule is O=c1c2cc(I)ccc2nc(/C=C/c2ccccc2Cl)n1-c1ccc([N+](=O)[O-])cc1. The van der Waals surface area contributed by atoms with E-state index in [-0.39, 0.29) is 11.2 Å². The van der Waals surface area contributed by atoms with Crippen LogP contribution in [-0.4, -0.2) is 14.5 Å². The van der Waals surface area contributed by atoms with Gasteiger partial charge in [-0.05, 0) is 76.7 Å². The van der Waals surface area contributed by atoms with Crippen LogP contribution in [0.1, 0.15) is 11.4 Å². The maximum Gasteiger partial charge on any atom is 0.269 e. The van der Waals surface area contributed by atoms with Crippen molar-refractivity contribution >= 4 is 62.9 Å². The first-order valence-corrected chi connectivity index (χ1v) is 10.3. The number of non-ortho nitro benzene ring substituents is 1. The van der Waals surface area contributed by atoms with E-state index < -0.39 is 4.92 Å². The molecule has 30 heavy (non-hydrogen) atoms. The molecule has 0 aliphatic rings. The van der Waals surface area contributed by atoms with Crippen molar-refractivity contribution in [3.05, 3.63) is 107 Å². The van der Waals surface area contributed by atoms with E-state index in [2.05, 4.69) is 27.6 Å². The highest BCUT2D eigenvalue weighted by Crippen LogP contribution is 2.21. The zero-order valence-corrected chi connectivity index (χ0v) is 18.2. The first-order valence-electron chi connectivity index (χ1n) is 8.84. The summed E-state index contributed by atoms with van der Waals surface area (Å²) in [5, 5.41) is 12.0. The lowest BCUT2D eigenvalue weighted by Gasteiger charge is -2.11. The molecule has 0 aliphatic carbocycles. The van der Waals surface area contributed by atoms with Gasteiger partial charge >= 0.3 is 0 Å². The Kier molecular flexibility index (Phi) is 5.65. The van der Waals surface area contributed by atoms with Crippen molar-refractivity contribution in [1.82, 2.24) is 9.55 Å². The van der Waals surface area contributed by atoms with E-state index in [1.54, 1.807) is 30.4 Å². The molecule has 148 valence electrons. The van der Waals surface area contributed by atoms with Crippen LogP contribution in [0.4, 0.5) is 5.69 Å². The molecule has 0 fully saturated rings. The molecular weight excluding hydrogens is 517 g/mol. The highest BCUT2D eigenvalue weighted by Gasteiger charge is 2.13. The Labute approximate surface area is 189 Å². The Morgan fingerprint density at radius 3 is 2.47 bits per heavy atom. The molecule has 6 nitrogen and oxygen atoms in total. The Morgan fingerprint density at radius 2 is 1.77 bits per heavy atom. The number of hydrogen-bond acceptors (Lipinski definition) is 4. The Balaban J connectivity index is 1.94. The first kappa shape index (κ1) is 20.2. The van der Waals surface area contributed by atoms with Gasteiger partial charge < -0.3 is 0 Å². The maximum atomic E-state index is 13.3. The van der Waals surface area contributed by atoms with Crippen molar-refractivity contribution in [2.24, 2.45) is 0 Å². The topological polar surface area (TPSA) is 78.0 Å². The zero-order valence-electron chi connectivity index (χ0n) is 15.3. The molecule has 8 heteroatoms. The molecule has 3 aromatic carbocycles.